The molecule has 1 aliphatic heterocycles. The molecule has 3 rings (SSSR count). The van der Waals surface area contributed by atoms with Crippen LogP contribution in [0.2, 0.25) is 0 Å². The lowest BCUT2D eigenvalue weighted by Gasteiger charge is -2.15. The summed E-state index contributed by atoms with van der Waals surface area (Å²) in [5.41, 5.74) is 3.53. The summed E-state index contributed by atoms with van der Waals surface area (Å²) in [6, 6.07) is 7.84. The van der Waals surface area contributed by atoms with Gasteiger partial charge in [0.1, 0.15) is 17.3 Å². The molecular weight excluding hydrogens is 340 g/mol. The van der Waals surface area contributed by atoms with Gasteiger partial charge in [-0.05, 0) is 43.7 Å². The highest BCUT2D eigenvalue weighted by molar-refractivity contribution is 6.04. The number of hydrogen-bond donors (Lipinski definition) is 2. The van der Waals surface area contributed by atoms with E-state index in [2.05, 4.69) is 46.6 Å². The van der Waals surface area contributed by atoms with Crippen LogP contribution in [0.25, 0.3) is 0 Å². The van der Waals surface area contributed by atoms with E-state index >= 15 is 0 Å². The molecular formula is C21H28N4O2. The molecule has 1 aromatic carbocycles. The van der Waals surface area contributed by atoms with Crippen molar-refractivity contribution in [3.05, 3.63) is 46.9 Å². The van der Waals surface area contributed by atoms with Crippen molar-refractivity contribution in [2.45, 2.75) is 52.6 Å². The van der Waals surface area contributed by atoms with E-state index in [9.17, 15) is 4.79 Å². The lowest BCUT2D eigenvalue weighted by atomic mass is 10.0. The van der Waals surface area contributed by atoms with E-state index in [4.69, 9.17) is 4.74 Å². The topological polar surface area (TPSA) is 76.1 Å². The second-order valence-electron chi connectivity index (χ2n) is 6.81. The summed E-state index contributed by atoms with van der Waals surface area (Å²) in [5.74, 6) is 1.01. The average Bonchev–Trinajstić information content (AvgIpc) is 3.19. The van der Waals surface area contributed by atoms with Crippen molar-refractivity contribution in [2.24, 2.45) is 0 Å². The summed E-state index contributed by atoms with van der Waals surface area (Å²) in [4.78, 5) is 21.6. The maximum Gasteiger partial charge on any atom is 0.274 e. The van der Waals surface area contributed by atoms with Crippen LogP contribution in [-0.2, 0) is 17.6 Å². The molecule has 1 atom stereocenters. The number of aromatic nitrogens is 2. The number of aryl methyl sites for hydroxylation is 3. The van der Waals surface area contributed by atoms with E-state index in [0.29, 0.717) is 23.9 Å². The SMILES string of the molecule is CCc1cccc(CC)c1NC(=O)c1cc(NCC2CCCO2)nc(C)n1. The van der Waals surface area contributed by atoms with Crippen molar-refractivity contribution in [3.63, 3.8) is 0 Å². The number of nitrogens with one attached hydrogen (secondary N) is 2. The Morgan fingerprint density at radius 3 is 2.59 bits per heavy atom. The highest BCUT2D eigenvalue weighted by atomic mass is 16.5. The summed E-state index contributed by atoms with van der Waals surface area (Å²) >= 11 is 0. The van der Waals surface area contributed by atoms with Gasteiger partial charge in [-0.15, -0.1) is 0 Å². The number of carbonyl (C=O) groups excluding carboxylic acids is 1. The standard InChI is InChI=1S/C21H28N4O2/c1-4-15-8-6-9-16(5-2)20(15)25-21(26)18-12-19(24-14(3)23-18)22-13-17-10-7-11-27-17/h6,8-9,12,17H,4-5,7,10-11,13H2,1-3H3,(H,25,26)(H,22,23,24). The van der Waals surface area contributed by atoms with Crippen LogP contribution in [0.1, 0.15) is 54.1 Å². The first-order chi connectivity index (χ1) is 13.1. The minimum atomic E-state index is -0.212. The predicted molar refractivity (Wildman–Crippen MR) is 107 cm³/mol. The first-order valence-electron chi connectivity index (χ1n) is 9.74. The minimum Gasteiger partial charge on any atom is -0.376 e. The van der Waals surface area contributed by atoms with Gasteiger partial charge < -0.3 is 15.4 Å². The van der Waals surface area contributed by atoms with Crippen LogP contribution in [0.15, 0.2) is 24.3 Å². The molecule has 0 bridgehead atoms. The molecule has 6 nitrogen and oxygen atoms in total. The first-order valence-corrected chi connectivity index (χ1v) is 9.74. The normalized spacial score (nSPS) is 16.3. The second-order valence-corrected chi connectivity index (χ2v) is 6.81. The Morgan fingerprint density at radius 2 is 1.96 bits per heavy atom. The number of para-hydroxylation sites is 1. The molecule has 1 aliphatic rings. The minimum absolute atomic E-state index is 0.209. The fraction of sp³-hybridized carbons (Fsp3) is 0.476. The van der Waals surface area contributed by atoms with E-state index in [1.165, 1.54) is 0 Å². The highest BCUT2D eigenvalue weighted by Crippen LogP contribution is 2.23. The number of ether oxygens (including phenoxy) is 1. The number of amides is 1. The molecule has 1 amide bonds. The number of nitrogens with zero attached hydrogens (tertiary/aromatic N) is 2. The number of hydrogen-bond acceptors (Lipinski definition) is 5. The molecule has 0 aliphatic carbocycles. The zero-order valence-corrected chi connectivity index (χ0v) is 16.3. The number of rotatable bonds is 7. The van der Waals surface area contributed by atoms with Gasteiger partial charge in [-0.2, -0.15) is 0 Å². The molecule has 1 unspecified atom stereocenters. The van der Waals surface area contributed by atoms with Crippen LogP contribution in [0.3, 0.4) is 0 Å². The molecule has 0 saturated carbocycles. The molecule has 27 heavy (non-hydrogen) atoms. The number of benzene rings is 1. The van der Waals surface area contributed by atoms with Gasteiger partial charge in [-0.25, -0.2) is 9.97 Å². The summed E-state index contributed by atoms with van der Waals surface area (Å²) in [6.45, 7) is 7.49. The Kier molecular flexibility index (Phi) is 6.40. The molecule has 2 aromatic rings. The van der Waals surface area contributed by atoms with Crippen molar-refractivity contribution >= 4 is 17.4 Å². The third kappa shape index (κ3) is 4.83. The van der Waals surface area contributed by atoms with Gasteiger partial charge >= 0.3 is 0 Å². The maximum absolute atomic E-state index is 12.9. The Hall–Kier alpha value is -2.47. The monoisotopic (exact) mass is 368 g/mol. The molecule has 144 valence electrons. The van der Waals surface area contributed by atoms with Gasteiger partial charge in [0.2, 0.25) is 0 Å². The van der Waals surface area contributed by atoms with Crippen LogP contribution in [0.4, 0.5) is 11.5 Å². The van der Waals surface area contributed by atoms with Gasteiger partial charge in [0.05, 0.1) is 6.10 Å². The molecule has 1 saturated heterocycles. The van der Waals surface area contributed by atoms with Crippen LogP contribution in [-0.4, -0.2) is 35.1 Å². The number of anilines is 2. The van der Waals surface area contributed by atoms with Crippen LogP contribution in [0.5, 0.6) is 0 Å². The molecule has 1 aromatic heterocycles. The second kappa shape index (κ2) is 8.95. The van der Waals surface area contributed by atoms with Crippen molar-refractivity contribution in [2.75, 3.05) is 23.8 Å². The van der Waals surface area contributed by atoms with E-state index in [1.807, 2.05) is 6.07 Å². The molecule has 0 spiro atoms. The van der Waals surface area contributed by atoms with Crippen LogP contribution in [0, 0.1) is 6.92 Å². The third-order valence-corrected chi connectivity index (χ3v) is 4.84. The first kappa shape index (κ1) is 19.3. The maximum atomic E-state index is 12.9. The molecule has 0 radical (unpaired) electrons. The van der Waals surface area contributed by atoms with Gasteiger partial charge in [0.15, 0.2) is 0 Å². The highest BCUT2D eigenvalue weighted by Gasteiger charge is 2.17. The zero-order chi connectivity index (χ0) is 19.2. The Labute approximate surface area is 160 Å². The van der Waals surface area contributed by atoms with E-state index < -0.39 is 0 Å². The molecule has 1 fully saturated rings. The summed E-state index contributed by atoms with van der Waals surface area (Å²) < 4.78 is 5.63. The molecule has 2 heterocycles. The van der Waals surface area contributed by atoms with Gasteiger partial charge in [-0.1, -0.05) is 32.0 Å². The molecule has 2 N–H and O–H groups in total. The van der Waals surface area contributed by atoms with Crippen LogP contribution >= 0.6 is 0 Å². The largest absolute Gasteiger partial charge is 0.376 e. The smallest absolute Gasteiger partial charge is 0.274 e. The zero-order valence-electron chi connectivity index (χ0n) is 16.3. The third-order valence-electron chi connectivity index (χ3n) is 4.84. The van der Waals surface area contributed by atoms with Gasteiger partial charge in [0.25, 0.3) is 5.91 Å². The summed E-state index contributed by atoms with van der Waals surface area (Å²) in [5, 5.41) is 6.34. The summed E-state index contributed by atoms with van der Waals surface area (Å²) in [6.07, 6.45) is 4.08. The Morgan fingerprint density at radius 1 is 1.22 bits per heavy atom. The van der Waals surface area contributed by atoms with E-state index in [1.54, 1.807) is 13.0 Å². The number of carbonyl (C=O) groups is 1. The van der Waals surface area contributed by atoms with Gasteiger partial charge in [-0.3, -0.25) is 4.79 Å². The fourth-order valence-electron chi connectivity index (χ4n) is 3.38. The fourth-order valence-corrected chi connectivity index (χ4v) is 3.38. The van der Waals surface area contributed by atoms with Gasteiger partial charge in [0, 0.05) is 24.9 Å². The Balaban J connectivity index is 1.76. The van der Waals surface area contributed by atoms with E-state index in [-0.39, 0.29) is 12.0 Å². The van der Waals surface area contributed by atoms with E-state index in [0.717, 1.165) is 49.1 Å². The quantitative estimate of drug-likeness (QED) is 0.778. The predicted octanol–water partition coefficient (Wildman–Crippen LogP) is 3.75. The Bertz CT molecular complexity index is 779. The van der Waals surface area contributed by atoms with Crippen LogP contribution < -0.4 is 10.6 Å². The molecule has 6 heteroatoms. The average molecular weight is 368 g/mol. The van der Waals surface area contributed by atoms with Crippen molar-refractivity contribution in [1.82, 2.24) is 9.97 Å². The van der Waals surface area contributed by atoms with Crippen molar-refractivity contribution < 1.29 is 9.53 Å². The van der Waals surface area contributed by atoms with Crippen molar-refractivity contribution in [3.8, 4) is 0 Å². The summed E-state index contributed by atoms with van der Waals surface area (Å²) in [7, 11) is 0. The lowest BCUT2D eigenvalue weighted by Crippen LogP contribution is -2.21. The van der Waals surface area contributed by atoms with Crippen molar-refractivity contribution in [1.29, 1.82) is 0 Å². The lowest BCUT2D eigenvalue weighted by molar-refractivity contribution is 0.102.